The Morgan fingerprint density at radius 1 is 0.476 bits per heavy atom. The van der Waals surface area contributed by atoms with Gasteiger partial charge in [0.25, 0.3) is 0 Å². The average Bonchev–Trinajstić information content (AvgIpc) is 4.27. The second-order valence-electron chi connectivity index (χ2n) is 20.5. The van der Waals surface area contributed by atoms with Gasteiger partial charge in [0.2, 0.25) is 0 Å². The molecular formula is C62H122O. The zero-order chi connectivity index (χ0) is 47.3. The smallest absolute Gasteiger partial charge is 0.0319 e. The van der Waals surface area contributed by atoms with Gasteiger partial charge in [-0.15, -0.1) is 19.4 Å². The van der Waals surface area contributed by atoms with Crippen LogP contribution in [0.4, 0.5) is 0 Å². The number of aliphatic hydroxyl groups is 1. The maximum absolute atomic E-state index is 7.00. The number of terminal acetylenes is 1. The van der Waals surface area contributed by atoms with Crippen molar-refractivity contribution >= 4 is 0 Å². The molecule has 0 heterocycles. The first-order chi connectivity index (χ1) is 30.9. The summed E-state index contributed by atoms with van der Waals surface area (Å²) < 4.78 is 0. The Morgan fingerprint density at radius 2 is 0.841 bits per heavy atom. The van der Waals surface area contributed by atoms with Gasteiger partial charge < -0.3 is 5.11 Å². The fourth-order valence-corrected chi connectivity index (χ4v) is 9.02. The molecule has 1 nitrogen and oxygen atoms in total. The van der Waals surface area contributed by atoms with Crippen molar-refractivity contribution in [1.29, 1.82) is 0 Å². The molecule has 376 valence electrons. The molecule has 0 radical (unpaired) electrons. The Kier molecular flexibility index (Phi) is 60.1. The number of hydrogen-bond acceptors (Lipinski definition) is 1. The highest BCUT2D eigenvalue weighted by atomic mass is 16.2. The molecule has 2 rings (SSSR count). The quantitative estimate of drug-likeness (QED) is 0.0367. The van der Waals surface area contributed by atoms with E-state index in [4.69, 9.17) is 5.11 Å². The number of hydrogen-bond donors (Lipinski definition) is 1. The lowest BCUT2D eigenvalue weighted by Crippen LogP contribution is -2.07. The van der Waals surface area contributed by atoms with E-state index < -0.39 is 0 Å². The molecule has 1 N–H and O–H groups in total. The maximum atomic E-state index is 7.00. The van der Waals surface area contributed by atoms with Gasteiger partial charge in [0.15, 0.2) is 0 Å². The molecule has 0 saturated heterocycles. The van der Waals surface area contributed by atoms with Gasteiger partial charge in [-0.25, -0.2) is 0 Å². The summed E-state index contributed by atoms with van der Waals surface area (Å²) in [5, 5.41) is 7.00. The molecule has 0 aromatic rings. The van der Waals surface area contributed by atoms with E-state index in [1.54, 1.807) is 5.57 Å². The van der Waals surface area contributed by atoms with Crippen LogP contribution in [0, 0.1) is 42.4 Å². The van der Waals surface area contributed by atoms with Crippen molar-refractivity contribution in [1.82, 2.24) is 0 Å². The normalized spacial score (nSPS) is 14.7. The predicted octanol–water partition coefficient (Wildman–Crippen LogP) is 22.0. The van der Waals surface area contributed by atoms with Crippen molar-refractivity contribution in [3.05, 3.63) is 24.3 Å². The second kappa shape index (κ2) is 57.1. The molecule has 0 aromatic carbocycles. The molecule has 2 fully saturated rings. The third kappa shape index (κ3) is 55.2. The van der Waals surface area contributed by atoms with Crippen molar-refractivity contribution < 1.29 is 5.11 Å². The van der Waals surface area contributed by atoms with Crippen molar-refractivity contribution in [3.63, 3.8) is 0 Å². The van der Waals surface area contributed by atoms with E-state index in [1.807, 2.05) is 0 Å². The Bertz CT molecular complexity index is 861. The number of aliphatic hydroxyl groups excluding tert-OH is 1. The molecule has 63 heavy (non-hydrogen) atoms. The van der Waals surface area contributed by atoms with E-state index in [2.05, 4.69) is 80.0 Å². The summed E-state index contributed by atoms with van der Waals surface area (Å²) in [4.78, 5) is 0. The molecule has 0 aliphatic heterocycles. The molecule has 0 spiro atoms. The Balaban J connectivity index is -0.00000113. The number of allylic oxidation sites excluding steroid dienone is 3. The molecule has 2 aliphatic rings. The van der Waals surface area contributed by atoms with Crippen LogP contribution in [0.15, 0.2) is 24.3 Å². The Labute approximate surface area is 401 Å². The highest BCUT2D eigenvalue weighted by Crippen LogP contribution is 2.35. The number of rotatable bonds is 43. The van der Waals surface area contributed by atoms with Crippen molar-refractivity contribution in [2.24, 2.45) is 29.6 Å². The van der Waals surface area contributed by atoms with Gasteiger partial charge in [-0.1, -0.05) is 304 Å². The first kappa shape index (κ1) is 66.3. The molecule has 1 heteroatoms. The van der Waals surface area contributed by atoms with E-state index in [1.165, 1.54) is 276 Å². The molecular weight excluding hydrogens is 761 g/mol. The third-order valence-electron chi connectivity index (χ3n) is 14.4. The van der Waals surface area contributed by atoms with E-state index >= 15 is 0 Å². The topological polar surface area (TPSA) is 20.2 Å². The maximum Gasteiger partial charge on any atom is 0.0319 e. The number of unbranched alkanes of at least 4 members (excludes halogenated alkanes) is 25. The Morgan fingerprint density at radius 3 is 1.22 bits per heavy atom. The highest BCUT2D eigenvalue weighted by molar-refractivity contribution is 5.02. The van der Waals surface area contributed by atoms with E-state index in [9.17, 15) is 0 Å². The molecule has 3 atom stereocenters. The van der Waals surface area contributed by atoms with Gasteiger partial charge in [-0.3, -0.25) is 0 Å². The molecule has 2 saturated carbocycles. The van der Waals surface area contributed by atoms with Crippen molar-refractivity contribution in [2.45, 2.75) is 325 Å². The lowest BCUT2D eigenvalue weighted by molar-refractivity contribution is 0.339. The van der Waals surface area contributed by atoms with Crippen LogP contribution in [0.25, 0.3) is 0 Å². The van der Waals surface area contributed by atoms with Gasteiger partial charge in [0.05, 0.1) is 0 Å². The molecule has 2 aliphatic carbocycles. The summed E-state index contributed by atoms with van der Waals surface area (Å²) >= 11 is 0. The summed E-state index contributed by atoms with van der Waals surface area (Å²) in [6.07, 6.45) is 75.1. The molecule has 0 aromatic heterocycles. The lowest BCUT2D eigenvalue weighted by atomic mass is 9.86. The van der Waals surface area contributed by atoms with Crippen LogP contribution < -0.4 is 0 Å². The predicted molar refractivity (Wildman–Crippen MR) is 292 cm³/mol. The summed E-state index contributed by atoms with van der Waals surface area (Å²) in [5.74, 6) is 4.69. The van der Waals surface area contributed by atoms with Crippen LogP contribution in [0.5, 0.6) is 0 Å². The van der Waals surface area contributed by atoms with Crippen LogP contribution in [0.3, 0.4) is 0 Å². The van der Waals surface area contributed by atoms with Gasteiger partial charge in [-0.2, -0.15) is 0 Å². The minimum Gasteiger partial charge on any atom is -0.400 e. The first-order valence-electron chi connectivity index (χ1n) is 29.0. The van der Waals surface area contributed by atoms with E-state index in [0.29, 0.717) is 5.92 Å². The summed E-state index contributed by atoms with van der Waals surface area (Å²) in [6, 6.07) is 0. The summed E-state index contributed by atoms with van der Waals surface area (Å²) in [6.45, 7) is 20.3. The van der Waals surface area contributed by atoms with Crippen LogP contribution in [-0.4, -0.2) is 12.2 Å². The van der Waals surface area contributed by atoms with Gasteiger partial charge in [0.1, 0.15) is 0 Å². The van der Waals surface area contributed by atoms with Gasteiger partial charge >= 0.3 is 0 Å². The van der Waals surface area contributed by atoms with Crippen LogP contribution in [0.2, 0.25) is 0 Å². The summed E-state index contributed by atoms with van der Waals surface area (Å²) in [7, 11) is 1.00. The highest BCUT2D eigenvalue weighted by Gasteiger charge is 2.20. The largest absolute Gasteiger partial charge is 0.400 e. The molecule has 0 bridgehead atoms. The fourth-order valence-electron chi connectivity index (χ4n) is 9.02. The standard InChI is InChI=1S/C37H70.C17H36.C5H10.C2H2.CH4O/c1-6-9-11-13-17-25-35(24-16-12-10-7-2)26-18-14-15-19-27-36(28-20-21-29-37-31-32-37)30-22-23-34(5)33(4)8-3;1-3-5-7-9-11-13-15-17-16-14-12-10-8-6-4-2;1-2-5-3-4-5;2*1-2/h8,26,33-34,36-37H,3,6-7,9-25,27-32H2,1-2,4-5H3;3-17H2,1-2H3;5H,2-4H2,1H3;1-2H;2H,1H3/b35-26+;;;;. The average molecular weight is 884 g/mol. The zero-order valence-electron chi connectivity index (χ0n) is 45.3. The van der Waals surface area contributed by atoms with Crippen LogP contribution in [0.1, 0.15) is 325 Å². The molecule has 3 unspecified atom stereocenters. The Hall–Kier alpha value is -1.00. The van der Waals surface area contributed by atoms with E-state index in [0.717, 1.165) is 30.8 Å². The van der Waals surface area contributed by atoms with E-state index in [-0.39, 0.29) is 0 Å². The van der Waals surface area contributed by atoms with Crippen molar-refractivity contribution in [3.8, 4) is 12.8 Å². The van der Waals surface area contributed by atoms with Gasteiger partial charge in [0, 0.05) is 7.11 Å². The van der Waals surface area contributed by atoms with Crippen LogP contribution >= 0.6 is 0 Å². The van der Waals surface area contributed by atoms with Crippen LogP contribution in [-0.2, 0) is 0 Å². The lowest BCUT2D eigenvalue weighted by Gasteiger charge is -2.20. The minimum atomic E-state index is 0.665. The second-order valence-corrected chi connectivity index (χ2v) is 20.5. The van der Waals surface area contributed by atoms with Crippen molar-refractivity contribution in [2.75, 3.05) is 7.11 Å². The van der Waals surface area contributed by atoms with Gasteiger partial charge in [-0.05, 0) is 68.1 Å². The summed E-state index contributed by atoms with van der Waals surface area (Å²) in [5.41, 5.74) is 1.80. The monoisotopic (exact) mass is 883 g/mol. The minimum absolute atomic E-state index is 0.665. The zero-order valence-corrected chi connectivity index (χ0v) is 45.3. The fraction of sp³-hybridized carbons (Fsp3) is 0.903. The SMILES string of the molecule is C#C.C=CC(C)C(C)CCCC(CCCCC/C=C(\CCCCCC)CCCCCCC)CCCCC1CC1.CCC1CC1.CCCCCCCCCCCCCCCCC.CO. The molecule has 0 amide bonds. The first-order valence-corrected chi connectivity index (χ1v) is 29.0. The third-order valence-corrected chi connectivity index (χ3v) is 14.4.